The first-order valence-corrected chi connectivity index (χ1v) is 13.1. The molecule has 3 aliphatic rings. The van der Waals surface area contributed by atoms with Gasteiger partial charge in [-0.25, -0.2) is 9.78 Å². The molecule has 0 saturated carbocycles. The molecule has 37 heavy (non-hydrogen) atoms. The Bertz CT molecular complexity index is 1090. The molecule has 3 aliphatic heterocycles. The van der Waals surface area contributed by atoms with E-state index in [9.17, 15) is 9.59 Å². The zero-order chi connectivity index (χ0) is 25.4. The van der Waals surface area contributed by atoms with Crippen molar-refractivity contribution in [3.63, 3.8) is 0 Å². The maximum absolute atomic E-state index is 13.7. The number of anilines is 1. The average Bonchev–Trinajstić information content (AvgIpc) is 3.58. The van der Waals surface area contributed by atoms with Crippen LogP contribution in [0.3, 0.4) is 0 Å². The lowest BCUT2D eigenvalue weighted by Gasteiger charge is -2.46. The lowest BCUT2D eigenvalue weighted by molar-refractivity contribution is 0.0127. The molecule has 1 unspecified atom stereocenters. The third kappa shape index (κ3) is 5.24. The Morgan fingerprint density at radius 1 is 1.14 bits per heavy atom. The minimum Gasteiger partial charge on any atom is -0.448 e. The number of carbonyl (C=O) groups is 2. The van der Waals surface area contributed by atoms with Crippen LogP contribution in [0.4, 0.5) is 10.6 Å². The highest BCUT2D eigenvalue weighted by atomic mass is 16.5. The third-order valence-corrected chi connectivity index (χ3v) is 7.96. The number of H-pyrrole nitrogens is 1. The molecule has 0 aromatic carbocycles. The summed E-state index contributed by atoms with van der Waals surface area (Å²) in [4.78, 5) is 36.9. The molecular formula is C26H41N7O4. The molecular weight excluding hydrogens is 474 g/mol. The van der Waals surface area contributed by atoms with E-state index in [-0.39, 0.29) is 37.1 Å². The number of amides is 3. The van der Waals surface area contributed by atoms with Crippen molar-refractivity contribution in [3.8, 4) is 0 Å². The Morgan fingerprint density at radius 2 is 1.89 bits per heavy atom. The van der Waals surface area contributed by atoms with Crippen molar-refractivity contribution in [2.75, 3.05) is 38.2 Å². The highest BCUT2D eigenvalue weighted by Gasteiger charge is 2.41. The molecule has 5 rings (SSSR count). The summed E-state index contributed by atoms with van der Waals surface area (Å²) >= 11 is 0. The number of hydrogen-bond donors (Lipinski definition) is 2. The Balaban J connectivity index is 0.00000320. The molecule has 2 saturated heterocycles. The standard InChI is InChI=1S/C25H37N7O4.CH4/c1-5-20-22(26-14-36-20)24(33)27-23-19-13-32(17(4)21(19)28-29-23)25(34)31-11-15(2)30(10-16(31)3)12-18-6-8-35-9-7-18;/h14-18H,5-13H2,1-4H3,(H2,27,28,29,33);1H4/t15-,16+,17?;/m1./s1. The predicted octanol–water partition coefficient (Wildman–Crippen LogP) is 3.67. The summed E-state index contributed by atoms with van der Waals surface area (Å²) in [5, 5.41) is 10.2. The molecule has 0 aliphatic carbocycles. The van der Waals surface area contributed by atoms with Gasteiger partial charge >= 0.3 is 6.03 Å². The molecule has 0 spiro atoms. The zero-order valence-electron chi connectivity index (χ0n) is 21.6. The Kier molecular flexibility index (Phi) is 8.23. The summed E-state index contributed by atoms with van der Waals surface area (Å²) in [5.74, 6) is 1.27. The summed E-state index contributed by atoms with van der Waals surface area (Å²) in [6.07, 6.45) is 4.08. The quantitative estimate of drug-likeness (QED) is 0.623. The van der Waals surface area contributed by atoms with E-state index in [4.69, 9.17) is 9.15 Å². The molecule has 2 N–H and O–H groups in total. The van der Waals surface area contributed by atoms with Crippen molar-refractivity contribution in [1.29, 1.82) is 0 Å². The monoisotopic (exact) mass is 515 g/mol. The topological polar surface area (TPSA) is 120 Å². The van der Waals surface area contributed by atoms with Crippen molar-refractivity contribution in [2.45, 2.75) is 79.1 Å². The number of aromatic nitrogens is 3. The number of carbonyl (C=O) groups excluding carboxylic acids is 2. The van der Waals surface area contributed by atoms with Gasteiger partial charge in [-0.1, -0.05) is 14.4 Å². The highest BCUT2D eigenvalue weighted by molar-refractivity contribution is 6.03. The maximum atomic E-state index is 13.7. The number of urea groups is 1. The van der Waals surface area contributed by atoms with E-state index in [1.807, 2.05) is 23.6 Å². The number of nitrogens with zero attached hydrogens (tertiary/aromatic N) is 5. The fraction of sp³-hybridized carbons (Fsp3) is 0.692. The summed E-state index contributed by atoms with van der Waals surface area (Å²) in [5.41, 5.74) is 1.95. The molecule has 0 radical (unpaired) electrons. The van der Waals surface area contributed by atoms with Gasteiger partial charge in [0.1, 0.15) is 5.76 Å². The Labute approximate surface area is 218 Å². The minimum atomic E-state index is -0.365. The van der Waals surface area contributed by atoms with Crippen LogP contribution in [-0.2, 0) is 17.7 Å². The number of rotatable bonds is 5. The Morgan fingerprint density at radius 3 is 2.62 bits per heavy atom. The van der Waals surface area contributed by atoms with E-state index in [1.54, 1.807) is 0 Å². The van der Waals surface area contributed by atoms with Crippen LogP contribution in [0, 0.1) is 5.92 Å². The molecule has 3 amide bonds. The van der Waals surface area contributed by atoms with E-state index in [2.05, 4.69) is 39.2 Å². The van der Waals surface area contributed by atoms with Crippen molar-refractivity contribution in [3.05, 3.63) is 29.1 Å². The van der Waals surface area contributed by atoms with Gasteiger partial charge in [0.15, 0.2) is 17.9 Å². The van der Waals surface area contributed by atoms with Crippen LogP contribution in [0.5, 0.6) is 0 Å². The molecule has 5 heterocycles. The van der Waals surface area contributed by atoms with Crippen LogP contribution in [0.25, 0.3) is 0 Å². The van der Waals surface area contributed by atoms with Crippen LogP contribution in [0.15, 0.2) is 10.8 Å². The number of aryl methyl sites for hydroxylation is 1. The second kappa shape index (κ2) is 11.2. The van der Waals surface area contributed by atoms with Gasteiger partial charge in [-0.05, 0) is 39.5 Å². The minimum absolute atomic E-state index is 0. The molecule has 11 nitrogen and oxygen atoms in total. The smallest absolute Gasteiger partial charge is 0.321 e. The van der Waals surface area contributed by atoms with E-state index < -0.39 is 0 Å². The van der Waals surface area contributed by atoms with Gasteiger partial charge in [-0.3, -0.25) is 14.8 Å². The molecule has 11 heteroatoms. The first-order valence-electron chi connectivity index (χ1n) is 13.1. The van der Waals surface area contributed by atoms with E-state index in [0.29, 0.717) is 43.0 Å². The van der Waals surface area contributed by atoms with E-state index in [1.165, 1.54) is 6.39 Å². The molecule has 2 fully saturated rings. The van der Waals surface area contributed by atoms with Crippen LogP contribution >= 0.6 is 0 Å². The van der Waals surface area contributed by atoms with Crippen LogP contribution in [0.1, 0.15) is 81.5 Å². The first-order chi connectivity index (χ1) is 17.4. The molecule has 0 bridgehead atoms. The maximum Gasteiger partial charge on any atom is 0.321 e. The SMILES string of the molecule is C.CCc1ocnc1C(=O)Nc1n[nH]c2c1CN(C(=O)N1C[C@@H](C)N(CC3CCOCC3)C[C@@H]1C)C2C. The number of piperazine rings is 1. The van der Waals surface area contributed by atoms with E-state index in [0.717, 1.165) is 50.4 Å². The summed E-state index contributed by atoms with van der Waals surface area (Å²) in [7, 11) is 0. The summed E-state index contributed by atoms with van der Waals surface area (Å²) in [6, 6.07) is 0.290. The number of aromatic amines is 1. The van der Waals surface area contributed by atoms with Gasteiger partial charge in [-0.2, -0.15) is 5.10 Å². The van der Waals surface area contributed by atoms with Crippen LogP contribution in [0.2, 0.25) is 0 Å². The van der Waals surface area contributed by atoms with Gasteiger partial charge in [0, 0.05) is 56.9 Å². The molecule has 204 valence electrons. The largest absolute Gasteiger partial charge is 0.448 e. The fourth-order valence-electron chi connectivity index (χ4n) is 5.70. The number of ether oxygens (including phenoxy) is 1. The number of oxazole rings is 1. The average molecular weight is 516 g/mol. The second-order valence-corrected chi connectivity index (χ2v) is 10.3. The van der Waals surface area contributed by atoms with Crippen LogP contribution in [-0.4, -0.2) is 86.8 Å². The van der Waals surface area contributed by atoms with Gasteiger partial charge < -0.3 is 24.3 Å². The van der Waals surface area contributed by atoms with Gasteiger partial charge in [0.25, 0.3) is 5.91 Å². The van der Waals surface area contributed by atoms with Crippen molar-refractivity contribution in [2.24, 2.45) is 5.92 Å². The van der Waals surface area contributed by atoms with Gasteiger partial charge in [-0.15, -0.1) is 0 Å². The molecule has 2 aromatic rings. The van der Waals surface area contributed by atoms with E-state index >= 15 is 0 Å². The third-order valence-electron chi connectivity index (χ3n) is 7.96. The second-order valence-electron chi connectivity index (χ2n) is 10.3. The highest BCUT2D eigenvalue weighted by Crippen LogP contribution is 2.37. The van der Waals surface area contributed by atoms with Gasteiger partial charge in [0.05, 0.1) is 18.3 Å². The molecule has 2 aromatic heterocycles. The molecule has 3 atom stereocenters. The van der Waals surface area contributed by atoms with Crippen molar-refractivity contribution in [1.82, 2.24) is 29.9 Å². The number of hydrogen-bond acceptors (Lipinski definition) is 7. The van der Waals surface area contributed by atoms with Crippen molar-refractivity contribution >= 4 is 17.8 Å². The first kappa shape index (κ1) is 27.1. The fourth-order valence-corrected chi connectivity index (χ4v) is 5.70. The van der Waals surface area contributed by atoms with Crippen LogP contribution < -0.4 is 5.32 Å². The summed E-state index contributed by atoms with van der Waals surface area (Å²) < 4.78 is 10.8. The summed E-state index contributed by atoms with van der Waals surface area (Å²) in [6.45, 7) is 13.0. The predicted molar refractivity (Wildman–Crippen MR) is 139 cm³/mol. The Hall–Kier alpha value is -2.92. The lowest BCUT2D eigenvalue weighted by Crippen LogP contribution is -2.60. The zero-order valence-corrected chi connectivity index (χ0v) is 21.6. The lowest BCUT2D eigenvalue weighted by atomic mass is 9.97. The number of nitrogens with one attached hydrogen (secondary N) is 2. The number of fused-ring (bicyclic) bond motifs is 1. The van der Waals surface area contributed by atoms with Crippen molar-refractivity contribution < 1.29 is 18.7 Å². The normalized spacial score (nSPS) is 24.6. The van der Waals surface area contributed by atoms with Gasteiger partial charge in [0.2, 0.25) is 0 Å².